The molecule has 2 aromatic carbocycles. The van der Waals surface area contributed by atoms with Crippen molar-refractivity contribution in [3.05, 3.63) is 58.6 Å². The van der Waals surface area contributed by atoms with Gasteiger partial charge in [-0.15, -0.1) is 0 Å². The van der Waals surface area contributed by atoms with Gasteiger partial charge in [-0.05, 0) is 31.0 Å². The molecule has 0 aromatic heterocycles. The number of benzene rings is 2. The fourth-order valence-electron chi connectivity index (χ4n) is 3.39. The Bertz CT molecular complexity index is 873. The number of nitrogens with zero attached hydrogens (tertiary/aromatic N) is 1. The Balaban J connectivity index is 1.63. The second kappa shape index (κ2) is 8.52. The molecule has 0 bridgehead atoms. The Kier molecular flexibility index (Phi) is 6.09. The monoisotopic (exact) mass is 401 g/mol. The number of halogens is 1. The molecule has 3 rings (SSSR count). The molecule has 0 aliphatic carbocycles. The van der Waals surface area contributed by atoms with Crippen LogP contribution >= 0.6 is 11.6 Å². The summed E-state index contributed by atoms with van der Waals surface area (Å²) in [5.41, 5.74) is 2.43. The molecule has 2 N–H and O–H groups in total. The number of hydrogen-bond donors (Lipinski definition) is 2. The number of rotatable bonds is 5. The summed E-state index contributed by atoms with van der Waals surface area (Å²) >= 11 is 6.10. The Morgan fingerprint density at radius 2 is 2.00 bits per heavy atom. The SMILES string of the molecule is COc1cc(Cl)c(C)cc1NC(=O)NC1CC(=O)N(C(C)c2ccccc2)C1. The zero-order chi connectivity index (χ0) is 20.3. The van der Waals surface area contributed by atoms with Gasteiger partial charge in [0.25, 0.3) is 0 Å². The number of carbonyl (C=O) groups is 2. The summed E-state index contributed by atoms with van der Waals surface area (Å²) in [6.45, 7) is 4.32. The first-order chi connectivity index (χ1) is 13.4. The van der Waals surface area contributed by atoms with Crippen molar-refractivity contribution in [1.29, 1.82) is 0 Å². The predicted octanol–water partition coefficient (Wildman–Crippen LogP) is 4.14. The van der Waals surface area contributed by atoms with Crippen molar-refractivity contribution in [2.45, 2.75) is 32.4 Å². The highest BCUT2D eigenvalue weighted by atomic mass is 35.5. The molecule has 0 spiro atoms. The van der Waals surface area contributed by atoms with Crippen LogP contribution in [0.5, 0.6) is 5.75 Å². The molecule has 1 aliphatic rings. The van der Waals surface area contributed by atoms with Crippen molar-refractivity contribution < 1.29 is 14.3 Å². The number of nitrogens with one attached hydrogen (secondary N) is 2. The van der Waals surface area contributed by atoms with Crippen LogP contribution in [0.1, 0.15) is 30.5 Å². The standard InChI is InChI=1S/C21H24ClN3O3/c1-13-9-18(19(28-3)11-17(13)22)24-21(27)23-16-10-20(26)25(12-16)14(2)15-7-5-4-6-8-15/h4-9,11,14,16H,10,12H2,1-3H3,(H2,23,24,27). The lowest BCUT2D eigenvalue weighted by molar-refractivity contribution is -0.129. The minimum absolute atomic E-state index is 0.0292. The van der Waals surface area contributed by atoms with E-state index in [4.69, 9.17) is 16.3 Å². The highest BCUT2D eigenvalue weighted by molar-refractivity contribution is 6.31. The van der Waals surface area contributed by atoms with Gasteiger partial charge in [0.1, 0.15) is 5.75 Å². The zero-order valence-electron chi connectivity index (χ0n) is 16.2. The van der Waals surface area contributed by atoms with Crippen LogP contribution in [0.25, 0.3) is 0 Å². The first-order valence-corrected chi connectivity index (χ1v) is 9.53. The van der Waals surface area contributed by atoms with E-state index in [-0.39, 0.29) is 30.4 Å². The van der Waals surface area contributed by atoms with E-state index in [2.05, 4.69) is 10.6 Å². The van der Waals surface area contributed by atoms with Crippen molar-refractivity contribution in [2.75, 3.05) is 19.0 Å². The number of urea groups is 1. The highest BCUT2D eigenvalue weighted by Crippen LogP contribution is 2.31. The van der Waals surface area contributed by atoms with Crippen LogP contribution in [0.2, 0.25) is 5.02 Å². The van der Waals surface area contributed by atoms with Crippen molar-refractivity contribution >= 4 is 29.2 Å². The van der Waals surface area contributed by atoms with Gasteiger partial charge < -0.3 is 20.3 Å². The predicted molar refractivity (Wildman–Crippen MR) is 110 cm³/mol. The third-order valence-corrected chi connectivity index (χ3v) is 5.38. The third-order valence-electron chi connectivity index (χ3n) is 4.97. The zero-order valence-corrected chi connectivity index (χ0v) is 16.9. The van der Waals surface area contributed by atoms with Crippen molar-refractivity contribution in [3.63, 3.8) is 0 Å². The lowest BCUT2D eigenvalue weighted by Gasteiger charge is -2.25. The maximum absolute atomic E-state index is 12.4. The Morgan fingerprint density at radius 1 is 1.29 bits per heavy atom. The van der Waals surface area contributed by atoms with Crippen molar-refractivity contribution in [3.8, 4) is 5.75 Å². The van der Waals surface area contributed by atoms with Crippen LogP contribution < -0.4 is 15.4 Å². The van der Waals surface area contributed by atoms with E-state index in [1.54, 1.807) is 17.0 Å². The number of aryl methyl sites for hydroxylation is 1. The molecule has 1 aliphatic heterocycles. The van der Waals surface area contributed by atoms with Crippen LogP contribution in [0.4, 0.5) is 10.5 Å². The molecular formula is C21H24ClN3O3. The maximum Gasteiger partial charge on any atom is 0.319 e. The van der Waals surface area contributed by atoms with Gasteiger partial charge in [0, 0.05) is 24.1 Å². The van der Waals surface area contributed by atoms with E-state index < -0.39 is 0 Å². The molecule has 1 heterocycles. The van der Waals surface area contributed by atoms with Gasteiger partial charge in [0.2, 0.25) is 5.91 Å². The number of hydrogen-bond acceptors (Lipinski definition) is 3. The lowest BCUT2D eigenvalue weighted by atomic mass is 10.1. The van der Waals surface area contributed by atoms with Gasteiger partial charge in [-0.1, -0.05) is 41.9 Å². The second-order valence-corrected chi connectivity index (χ2v) is 7.34. The van der Waals surface area contributed by atoms with E-state index >= 15 is 0 Å². The number of anilines is 1. The van der Waals surface area contributed by atoms with Gasteiger partial charge >= 0.3 is 6.03 Å². The average molecular weight is 402 g/mol. The Hall–Kier alpha value is -2.73. The quantitative estimate of drug-likeness (QED) is 0.790. The van der Waals surface area contributed by atoms with E-state index in [0.717, 1.165) is 11.1 Å². The first kappa shape index (κ1) is 20.0. The number of ether oxygens (including phenoxy) is 1. The van der Waals surface area contributed by atoms with Crippen LogP contribution in [-0.2, 0) is 4.79 Å². The molecular weight excluding hydrogens is 378 g/mol. The highest BCUT2D eigenvalue weighted by Gasteiger charge is 2.34. The van der Waals surface area contributed by atoms with E-state index in [1.807, 2.05) is 44.2 Å². The summed E-state index contributed by atoms with van der Waals surface area (Å²) < 4.78 is 5.28. The third kappa shape index (κ3) is 4.39. The summed E-state index contributed by atoms with van der Waals surface area (Å²) in [6.07, 6.45) is 0.279. The summed E-state index contributed by atoms with van der Waals surface area (Å²) in [4.78, 5) is 26.7. The van der Waals surface area contributed by atoms with E-state index in [1.165, 1.54) is 7.11 Å². The lowest BCUT2D eigenvalue weighted by Crippen LogP contribution is -2.40. The van der Waals surface area contributed by atoms with E-state index in [0.29, 0.717) is 23.0 Å². The first-order valence-electron chi connectivity index (χ1n) is 9.15. The Labute approximate surface area is 169 Å². The largest absolute Gasteiger partial charge is 0.495 e. The fraction of sp³-hybridized carbons (Fsp3) is 0.333. The van der Waals surface area contributed by atoms with E-state index in [9.17, 15) is 9.59 Å². The normalized spacial score (nSPS) is 17.4. The molecule has 2 unspecified atom stereocenters. The summed E-state index contributed by atoms with van der Waals surface area (Å²) in [5, 5.41) is 6.23. The summed E-state index contributed by atoms with van der Waals surface area (Å²) in [6, 6.07) is 12.6. The molecule has 1 fully saturated rings. The number of methoxy groups -OCH3 is 1. The van der Waals surface area contributed by atoms with Crippen LogP contribution in [0.3, 0.4) is 0 Å². The van der Waals surface area contributed by atoms with Crippen LogP contribution in [0, 0.1) is 6.92 Å². The number of carbonyl (C=O) groups excluding carboxylic acids is 2. The summed E-state index contributed by atoms with van der Waals surface area (Å²) in [5.74, 6) is 0.508. The molecule has 148 valence electrons. The molecule has 7 heteroatoms. The second-order valence-electron chi connectivity index (χ2n) is 6.93. The minimum atomic E-state index is -0.382. The average Bonchev–Trinajstić information content (AvgIpc) is 3.04. The number of amides is 3. The molecule has 2 atom stereocenters. The van der Waals surface area contributed by atoms with Gasteiger partial charge in [0.15, 0.2) is 0 Å². The minimum Gasteiger partial charge on any atom is -0.495 e. The maximum atomic E-state index is 12.4. The molecule has 28 heavy (non-hydrogen) atoms. The van der Waals surface area contributed by atoms with Gasteiger partial charge in [0.05, 0.1) is 24.9 Å². The molecule has 3 amide bonds. The molecule has 2 aromatic rings. The van der Waals surface area contributed by atoms with Gasteiger partial charge in [-0.3, -0.25) is 4.79 Å². The van der Waals surface area contributed by atoms with Gasteiger partial charge in [-0.25, -0.2) is 4.79 Å². The molecule has 1 saturated heterocycles. The van der Waals surface area contributed by atoms with Crippen LogP contribution in [0.15, 0.2) is 42.5 Å². The van der Waals surface area contributed by atoms with Crippen molar-refractivity contribution in [2.24, 2.45) is 0 Å². The Morgan fingerprint density at radius 3 is 2.68 bits per heavy atom. The van der Waals surface area contributed by atoms with Gasteiger partial charge in [-0.2, -0.15) is 0 Å². The molecule has 0 saturated carbocycles. The molecule has 6 nitrogen and oxygen atoms in total. The smallest absolute Gasteiger partial charge is 0.319 e. The van der Waals surface area contributed by atoms with Crippen molar-refractivity contribution in [1.82, 2.24) is 10.2 Å². The number of likely N-dealkylation sites (tertiary alicyclic amines) is 1. The summed E-state index contributed by atoms with van der Waals surface area (Å²) in [7, 11) is 1.52. The van der Waals surface area contributed by atoms with Crippen LogP contribution in [-0.4, -0.2) is 36.5 Å². The molecule has 0 radical (unpaired) electrons. The topological polar surface area (TPSA) is 70.7 Å². The fourth-order valence-corrected chi connectivity index (χ4v) is 3.54.